The molecule has 20 heavy (non-hydrogen) atoms. The van der Waals surface area contributed by atoms with Crippen LogP contribution in [-0.2, 0) is 11.2 Å². The normalized spacial score (nSPS) is 16.9. The van der Waals surface area contributed by atoms with E-state index < -0.39 is 0 Å². The van der Waals surface area contributed by atoms with Crippen molar-refractivity contribution in [1.82, 2.24) is 10.6 Å². The molecule has 1 aromatic carbocycles. The maximum Gasteiger partial charge on any atom is 0.233 e. The van der Waals surface area contributed by atoms with Gasteiger partial charge in [-0.3, -0.25) is 4.79 Å². The summed E-state index contributed by atoms with van der Waals surface area (Å²) in [4.78, 5) is 11.6. The highest BCUT2D eigenvalue weighted by Gasteiger charge is 2.22. The van der Waals surface area contributed by atoms with Crippen LogP contribution < -0.4 is 15.4 Å². The average Bonchev–Trinajstić information content (AvgIpc) is 2.78. The van der Waals surface area contributed by atoms with Crippen molar-refractivity contribution in [3.63, 3.8) is 0 Å². The summed E-state index contributed by atoms with van der Waals surface area (Å²) in [5.41, 5.74) is 2.52. The predicted octanol–water partition coefficient (Wildman–Crippen LogP) is 1.66. The van der Waals surface area contributed by atoms with Gasteiger partial charge in [0.15, 0.2) is 0 Å². The standard InChI is InChI=1S/C16H24N2O2/c1-11(2)8-18-16(19)10-17-9-14-7-13-6-12(3)4-5-15(13)20-14/h4-6,11,14,17H,7-10H2,1-3H3,(H,18,19). The van der Waals surface area contributed by atoms with Gasteiger partial charge in [0.25, 0.3) is 0 Å². The van der Waals surface area contributed by atoms with E-state index in [0.717, 1.165) is 18.7 Å². The Morgan fingerprint density at radius 3 is 3.00 bits per heavy atom. The van der Waals surface area contributed by atoms with Gasteiger partial charge in [-0.05, 0) is 24.5 Å². The molecule has 0 aliphatic carbocycles. The maximum absolute atomic E-state index is 11.6. The monoisotopic (exact) mass is 276 g/mol. The third kappa shape index (κ3) is 4.23. The first-order valence-electron chi connectivity index (χ1n) is 7.28. The third-order valence-electron chi connectivity index (χ3n) is 3.32. The van der Waals surface area contributed by atoms with Crippen molar-refractivity contribution in [2.45, 2.75) is 33.3 Å². The van der Waals surface area contributed by atoms with E-state index in [0.29, 0.717) is 19.0 Å². The molecule has 0 radical (unpaired) electrons. The summed E-state index contributed by atoms with van der Waals surface area (Å²) >= 11 is 0. The minimum Gasteiger partial charge on any atom is -0.488 e. The Kier molecular flexibility index (Phi) is 5.01. The molecule has 1 unspecified atom stereocenters. The minimum atomic E-state index is 0.0463. The molecule has 1 aromatic rings. The number of amides is 1. The molecular weight excluding hydrogens is 252 g/mol. The van der Waals surface area contributed by atoms with Crippen LogP contribution in [0.2, 0.25) is 0 Å². The molecule has 0 spiro atoms. The van der Waals surface area contributed by atoms with Gasteiger partial charge in [-0.15, -0.1) is 0 Å². The number of fused-ring (bicyclic) bond motifs is 1. The van der Waals surface area contributed by atoms with Crippen LogP contribution in [0.5, 0.6) is 5.75 Å². The molecule has 0 saturated heterocycles. The van der Waals surface area contributed by atoms with Crippen LogP contribution >= 0.6 is 0 Å². The highest BCUT2D eigenvalue weighted by atomic mass is 16.5. The van der Waals surface area contributed by atoms with Crippen LogP contribution in [0.3, 0.4) is 0 Å². The molecule has 1 amide bonds. The van der Waals surface area contributed by atoms with Gasteiger partial charge >= 0.3 is 0 Å². The van der Waals surface area contributed by atoms with Crippen LogP contribution in [-0.4, -0.2) is 31.6 Å². The zero-order chi connectivity index (χ0) is 14.5. The molecule has 2 N–H and O–H groups in total. The number of benzene rings is 1. The van der Waals surface area contributed by atoms with Crippen LogP contribution in [0.4, 0.5) is 0 Å². The summed E-state index contributed by atoms with van der Waals surface area (Å²) in [7, 11) is 0. The summed E-state index contributed by atoms with van der Waals surface area (Å²) in [6, 6.07) is 6.26. The van der Waals surface area contributed by atoms with Gasteiger partial charge in [0.1, 0.15) is 11.9 Å². The van der Waals surface area contributed by atoms with E-state index >= 15 is 0 Å². The Balaban J connectivity index is 1.68. The number of rotatable bonds is 6. The molecule has 0 aromatic heterocycles. The molecule has 110 valence electrons. The van der Waals surface area contributed by atoms with Crippen molar-refractivity contribution in [3.05, 3.63) is 29.3 Å². The predicted molar refractivity (Wildman–Crippen MR) is 80.0 cm³/mol. The summed E-state index contributed by atoms with van der Waals surface area (Å²) in [6.07, 6.45) is 1.04. The molecule has 0 saturated carbocycles. The van der Waals surface area contributed by atoms with Crippen LogP contribution in [0, 0.1) is 12.8 Å². The lowest BCUT2D eigenvalue weighted by atomic mass is 10.1. The first-order chi connectivity index (χ1) is 9.54. The largest absolute Gasteiger partial charge is 0.488 e. The zero-order valence-electron chi connectivity index (χ0n) is 12.5. The highest BCUT2D eigenvalue weighted by Crippen LogP contribution is 2.29. The molecular formula is C16H24N2O2. The van der Waals surface area contributed by atoms with Crippen molar-refractivity contribution in [2.75, 3.05) is 19.6 Å². The van der Waals surface area contributed by atoms with E-state index in [1.54, 1.807) is 0 Å². The van der Waals surface area contributed by atoms with Gasteiger partial charge in [0, 0.05) is 19.5 Å². The Hall–Kier alpha value is -1.55. The second-order valence-corrected chi connectivity index (χ2v) is 5.88. The lowest BCUT2D eigenvalue weighted by Gasteiger charge is -2.12. The quantitative estimate of drug-likeness (QED) is 0.831. The molecule has 1 aliphatic heterocycles. The van der Waals surface area contributed by atoms with E-state index in [2.05, 4.69) is 43.5 Å². The number of nitrogens with one attached hydrogen (secondary N) is 2. The number of ether oxygens (including phenoxy) is 1. The molecule has 0 bridgehead atoms. The zero-order valence-corrected chi connectivity index (χ0v) is 12.5. The van der Waals surface area contributed by atoms with Gasteiger partial charge in [-0.1, -0.05) is 31.5 Å². The lowest BCUT2D eigenvalue weighted by Crippen LogP contribution is -2.39. The Morgan fingerprint density at radius 2 is 2.25 bits per heavy atom. The van der Waals surface area contributed by atoms with Crippen molar-refractivity contribution in [2.24, 2.45) is 5.92 Å². The number of carbonyl (C=O) groups excluding carboxylic acids is 1. The van der Waals surface area contributed by atoms with Crippen molar-refractivity contribution in [1.29, 1.82) is 0 Å². The van der Waals surface area contributed by atoms with Crippen LogP contribution in [0.25, 0.3) is 0 Å². The summed E-state index contributed by atoms with van der Waals surface area (Å²) in [6.45, 7) is 8.03. The fourth-order valence-electron chi connectivity index (χ4n) is 2.29. The van der Waals surface area contributed by atoms with Crippen molar-refractivity contribution in [3.8, 4) is 5.75 Å². The van der Waals surface area contributed by atoms with Crippen molar-refractivity contribution < 1.29 is 9.53 Å². The first-order valence-corrected chi connectivity index (χ1v) is 7.28. The number of hydrogen-bond acceptors (Lipinski definition) is 3. The van der Waals surface area contributed by atoms with Crippen LogP contribution in [0.1, 0.15) is 25.0 Å². The van der Waals surface area contributed by atoms with E-state index in [9.17, 15) is 4.79 Å². The Morgan fingerprint density at radius 1 is 1.45 bits per heavy atom. The van der Waals surface area contributed by atoms with E-state index in [1.165, 1.54) is 11.1 Å². The number of carbonyl (C=O) groups is 1. The molecule has 4 heteroatoms. The fraction of sp³-hybridized carbons (Fsp3) is 0.562. The molecule has 1 heterocycles. The average molecular weight is 276 g/mol. The smallest absolute Gasteiger partial charge is 0.233 e. The summed E-state index contributed by atoms with van der Waals surface area (Å²) in [5.74, 6) is 1.51. The van der Waals surface area contributed by atoms with Gasteiger partial charge in [0.2, 0.25) is 5.91 Å². The van der Waals surface area contributed by atoms with Crippen LogP contribution in [0.15, 0.2) is 18.2 Å². The third-order valence-corrected chi connectivity index (χ3v) is 3.32. The second kappa shape index (κ2) is 6.75. The molecule has 1 atom stereocenters. The van der Waals surface area contributed by atoms with E-state index in [4.69, 9.17) is 4.74 Å². The minimum absolute atomic E-state index is 0.0463. The summed E-state index contributed by atoms with van der Waals surface area (Å²) in [5, 5.41) is 6.05. The molecule has 1 aliphatic rings. The van der Waals surface area contributed by atoms with E-state index in [1.807, 2.05) is 6.07 Å². The second-order valence-electron chi connectivity index (χ2n) is 5.88. The highest BCUT2D eigenvalue weighted by molar-refractivity contribution is 5.77. The fourth-order valence-corrected chi connectivity index (χ4v) is 2.29. The van der Waals surface area contributed by atoms with E-state index in [-0.39, 0.29) is 12.0 Å². The molecule has 0 fully saturated rings. The summed E-state index contributed by atoms with van der Waals surface area (Å²) < 4.78 is 5.85. The van der Waals surface area contributed by atoms with Gasteiger partial charge in [-0.2, -0.15) is 0 Å². The molecule has 4 nitrogen and oxygen atoms in total. The van der Waals surface area contributed by atoms with Gasteiger partial charge in [-0.25, -0.2) is 0 Å². The lowest BCUT2D eigenvalue weighted by molar-refractivity contribution is -0.120. The number of hydrogen-bond donors (Lipinski definition) is 2. The Bertz CT molecular complexity index is 472. The van der Waals surface area contributed by atoms with Gasteiger partial charge in [0.05, 0.1) is 6.54 Å². The number of aryl methyl sites for hydroxylation is 1. The Labute approximate surface area is 120 Å². The maximum atomic E-state index is 11.6. The molecule has 2 rings (SSSR count). The van der Waals surface area contributed by atoms with Gasteiger partial charge < -0.3 is 15.4 Å². The van der Waals surface area contributed by atoms with Crippen molar-refractivity contribution >= 4 is 5.91 Å². The SMILES string of the molecule is Cc1ccc2c(c1)CC(CNCC(=O)NCC(C)C)O2. The topological polar surface area (TPSA) is 50.4 Å². The first kappa shape index (κ1) is 14.9.